The Morgan fingerprint density at radius 1 is 1.16 bits per heavy atom. The first-order chi connectivity index (χ1) is 15.3. The number of aliphatic imine (C=N–C) groups is 1. The number of unbranched alkanes of at least 4 members (excludes halogenated alkanes) is 1. The van der Waals surface area contributed by atoms with Crippen LogP contribution in [0.2, 0.25) is 0 Å². The third-order valence-corrected chi connectivity index (χ3v) is 6.05. The molecular formula is C22H32N5O5+. The average Bonchev–Trinajstić information content (AvgIpc) is 3.11. The van der Waals surface area contributed by atoms with Crippen LogP contribution in [0, 0.1) is 0 Å². The van der Waals surface area contributed by atoms with E-state index in [-0.39, 0.29) is 0 Å². The molecule has 174 valence electrons. The number of carbonyl (C=O) groups excluding carboxylic acids is 2. The van der Waals surface area contributed by atoms with Gasteiger partial charge in [0.2, 0.25) is 0 Å². The van der Waals surface area contributed by atoms with Gasteiger partial charge in [0.25, 0.3) is 12.1 Å². The predicted molar refractivity (Wildman–Crippen MR) is 119 cm³/mol. The zero-order chi connectivity index (χ0) is 23.5. The lowest BCUT2D eigenvalue weighted by Gasteiger charge is -2.47. The minimum Gasteiger partial charge on any atom is -0.494 e. The van der Waals surface area contributed by atoms with Gasteiger partial charge in [0.1, 0.15) is 18.6 Å². The number of hydrogen-bond donors (Lipinski definition) is 1. The molecule has 10 heteroatoms. The molecule has 1 aromatic carbocycles. The number of fused-ring (bicyclic) bond motifs is 1. The molecule has 2 aliphatic rings. The molecule has 0 radical (unpaired) electrons. The zero-order valence-corrected chi connectivity index (χ0v) is 19.3. The van der Waals surface area contributed by atoms with Gasteiger partial charge in [-0.2, -0.15) is 4.84 Å². The van der Waals surface area contributed by atoms with Crippen LogP contribution in [0.5, 0.6) is 5.75 Å². The molecular weight excluding hydrogens is 414 g/mol. The quantitative estimate of drug-likeness (QED) is 0.452. The van der Waals surface area contributed by atoms with E-state index in [1.807, 2.05) is 30.3 Å². The highest BCUT2D eigenvalue weighted by Gasteiger charge is 2.72. The predicted octanol–water partition coefficient (Wildman–Crippen LogP) is 1.43. The van der Waals surface area contributed by atoms with Crippen LogP contribution in [-0.4, -0.2) is 92.6 Å². The summed E-state index contributed by atoms with van der Waals surface area (Å²) in [5.74, 6) is 0.796. The number of likely N-dealkylation sites (N-methyl/N-ethyl adjacent to an activating group) is 3. The normalized spacial score (nSPS) is 27.8. The smallest absolute Gasteiger partial charge is 0.460 e. The molecule has 3 unspecified atom stereocenters. The minimum atomic E-state index is -1.49. The fourth-order valence-electron chi connectivity index (χ4n) is 4.02. The number of amides is 3. The van der Waals surface area contributed by atoms with E-state index < -0.39 is 28.5 Å². The van der Waals surface area contributed by atoms with Crippen molar-refractivity contribution in [2.24, 2.45) is 10.7 Å². The van der Waals surface area contributed by atoms with Gasteiger partial charge in [0.05, 0.1) is 13.7 Å². The van der Waals surface area contributed by atoms with Crippen molar-refractivity contribution in [3.63, 3.8) is 0 Å². The van der Waals surface area contributed by atoms with E-state index in [2.05, 4.69) is 4.99 Å². The molecule has 0 spiro atoms. The van der Waals surface area contributed by atoms with Crippen molar-refractivity contribution >= 4 is 23.8 Å². The van der Waals surface area contributed by atoms with Gasteiger partial charge in [0.15, 0.2) is 0 Å². The molecule has 1 saturated heterocycles. The SMILES string of the molecule is COC12C(=O)N(C)C(=O)[N+](C)(OC)C1N=C(C=Cc1ccc(OCCCCN)cc1)N2C. The molecule has 0 saturated carbocycles. The summed E-state index contributed by atoms with van der Waals surface area (Å²) in [5, 5.41) is 0. The number of quaternary nitrogens is 1. The summed E-state index contributed by atoms with van der Waals surface area (Å²) in [6.07, 6.45) is 4.60. The maximum Gasteiger partial charge on any atom is 0.460 e. The Bertz CT molecular complexity index is 918. The number of ether oxygens (including phenoxy) is 2. The second-order valence-electron chi connectivity index (χ2n) is 7.89. The number of imide groups is 1. The highest BCUT2D eigenvalue weighted by Crippen LogP contribution is 2.41. The molecule has 2 heterocycles. The van der Waals surface area contributed by atoms with E-state index in [1.165, 1.54) is 21.3 Å². The topological polar surface area (TPSA) is 107 Å². The van der Waals surface area contributed by atoms with Crippen molar-refractivity contribution in [3.8, 4) is 5.75 Å². The summed E-state index contributed by atoms with van der Waals surface area (Å²) in [6.45, 7) is 1.29. The Morgan fingerprint density at radius 2 is 1.84 bits per heavy atom. The molecule has 10 nitrogen and oxygen atoms in total. The van der Waals surface area contributed by atoms with Gasteiger partial charge in [-0.3, -0.25) is 4.79 Å². The van der Waals surface area contributed by atoms with Crippen molar-refractivity contribution in [2.75, 3.05) is 48.5 Å². The fourth-order valence-corrected chi connectivity index (χ4v) is 4.02. The number of urea groups is 1. The molecule has 1 aromatic rings. The van der Waals surface area contributed by atoms with E-state index >= 15 is 0 Å². The van der Waals surface area contributed by atoms with Crippen LogP contribution in [0.1, 0.15) is 18.4 Å². The van der Waals surface area contributed by atoms with Crippen LogP contribution in [0.4, 0.5) is 4.79 Å². The van der Waals surface area contributed by atoms with Crippen LogP contribution >= 0.6 is 0 Å². The highest BCUT2D eigenvalue weighted by atomic mass is 16.7. The number of rotatable bonds is 9. The molecule has 0 bridgehead atoms. The lowest BCUT2D eigenvalue weighted by Crippen LogP contribution is -2.78. The number of amidine groups is 1. The summed E-state index contributed by atoms with van der Waals surface area (Å²) in [7, 11) is 7.54. The van der Waals surface area contributed by atoms with E-state index in [4.69, 9.17) is 20.0 Å². The van der Waals surface area contributed by atoms with Gasteiger partial charge in [0, 0.05) is 21.2 Å². The van der Waals surface area contributed by atoms with Crippen LogP contribution in [-0.2, 0) is 14.4 Å². The van der Waals surface area contributed by atoms with Crippen LogP contribution in [0.15, 0.2) is 35.3 Å². The second-order valence-corrected chi connectivity index (χ2v) is 7.89. The average molecular weight is 447 g/mol. The molecule has 3 amide bonds. The van der Waals surface area contributed by atoms with Crippen molar-refractivity contribution in [1.82, 2.24) is 9.80 Å². The molecule has 1 fully saturated rings. The summed E-state index contributed by atoms with van der Waals surface area (Å²) < 4.78 is 10.9. The van der Waals surface area contributed by atoms with Crippen molar-refractivity contribution in [1.29, 1.82) is 0 Å². The molecule has 32 heavy (non-hydrogen) atoms. The summed E-state index contributed by atoms with van der Waals surface area (Å²) in [4.78, 5) is 38.8. The summed E-state index contributed by atoms with van der Waals surface area (Å²) in [5.41, 5.74) is 4.93. The van der Waals surface area contributed by atoms with Crippen LogP contribution in [0.25, 0.3) is 6.08 Å². The molecule has 3 atom stereocenters. The van der Waals surface area contributed by atoms with Gasteiger partial charge in [-0.25, -0.2) is 14.7 Å². The first-order valence-corrected chi connectivity index (χ1v) is 10.5. The van der Waals surface area contributed by atoms with Gasteiger partial charge in [-0.05, 0) is 43.2 Å². The largest absolute Gasteiger partial charge is 0.494 e. The van der Waals surface area contributed by atoms with Crippen molar-refractivity contribution in [3.05, 3.63) is 35.9 Å². The Hall–Kier alpha value is -2.79. The van der Waals surface area contributed by atoms with Crippen LogP contribution in [0.3, 0.4) is 0 Å². The molecule has 0 aromatic heterocycles. The number of hydroxylamine groups is 3. The highest BCUT2D eigenvalue weighted by molar-refractivity contribution is 6.06. The van der Waals surface area contributed by atoms with Gasteiger partial charge < -0.3 is 20.1 Å². The number of nitrogens with two attached hydrogens (primary N) is 1. The Labute approximate surface area is 188 Å². The molecule has 2 aliphatic heterocycles. The number of benzene rings is 1. The Balaban J connectivity index is 1.83. The Morgan fingerprint density at radius 3 is 2.44 bits per heavy atom. The summed E-state index contributed by atoms with van der Waals surface area (Å²) >= 11 is 0. The van der Waals surface area contributed by atoms with Crippen molar-refractivity contribution in [2.45, 2.75) is 24.7 Å². The zero-order valence-electron chi connectivity index (χ0n) is 19.3. The number of hydrogen-bond acceptors (Lipinski definition) is 8. The molecule has 3 rings (SSSR count). The van der Waals surface area contributed by atoms with Crippen LogP contribution < -0.4 is 10.5 Å². The maximum absolute atomic E-state index is 13.1. The lowest BCUT2D eigenvalue weighted by atomic mass is 10.0. The number of methoxy groups -OCH3 is 1. The lowest BCUT2D eigenvalue weighted by molar-refractivity contribution is -1.05. The monoisotopic (exact) mass is 446 g/mol. The van der Waals surface area contributed by atoms with E-state index in [0.29, 0.717) is 19.0 Å². The summed E-state index contributed by atoms with van der Waals surface area (Å²) in [6, 6.07) is 7.14. The van der Waals surface area contributed by atoms with E-state index in [1.54, 1.807) is 25.1 Å². The first kappa shape index (κ1) is 23.9. The van der Waals surface area contributed by atoms with Gasteiger partial charge >= 0.3 is 11.8 Å². The number of nitrogens with zero attached hydrogens (tertiary/aromatic N) is 4. The minimum absolute atomic E-state index is 0.492. The van der Waals surface area contributed by atoms with Gasteiger partial charge in [-0.15, -0.1) is 0 Å². The van der Waals surface area contributed by atoms with E-state index in [9.17, 15) is 9.59 Å². The third kappa shape index (κ3) is 3.79. The maximum atomic E-state index is 13.1. The molecule has 0 aliphatic carbocycles. The van der Waals surface area contributed by atoms with Gasteiger partial charge in [-0.1, -0.05) is 22.9 Å². The van der Waals surface area contributed by atoms with E-state index in [0.717, 1.165) is 29.1 Å². The Kier molecular flexibility index (Phi) is 6.99. The molecule has 2 N–H and O–H groups in total. The fraction of sp³-hybridized carbons (Fsp3) is 0.500. The first-order valence-electron chi connectivity index (χ1n) is 10.5. The number of carbonyl (C=O) groups is 2. The second kappa shape index (κ2) is 9.37. The standard InChI is InChI=1S/C22H32N5O5/c1-25-20(28)22(30-4)19(27(3,31-5)21(25)29)24-18(26(22)2)13-10-16-8-11-17(12-9-16)32-15-7-6-14-23/h8-13,19H,6-7,14-15,23H2,1-5H3/q+1. The van der Waals surface area contributed by atoms with Crippen molar-refractivity contribution < 1.29 is 28.5 Å². The third-order valence-electron chi connectivity index (χ3n) is 6.05.